The van der Waals surface area contributed by atoms with Crippen LogP contribution < -0.4 is 10.6 Å². The summed E-state index contributed by atoms with van der Waals surface area (Å²) in [4.78, 5) is 7.74. The number of hydrogen-bond donors (Lipinski definition) is 2. The van der Waals surface area contributed by atoms with E-state index >= 15 is 0 Å². The third kappa shape index (κ3) is 5.77. The van der Waals surface area contributed by atoms with Gasteiger partial charge in [0.05, 0.1) is 26.4 Å². The van der Waals surface area contributed by atoms with Crippen molar-refractivity contribution in [3.05, 3.63) is 0 Å². The molecule has 0 aliphatic carbocycles. The quantitative estimate of drug-likeness (QED) is 0.560. The molecule has 8 heteroatoms. The summed E-state index contributed by atoms with van der Waals surface area (Å²) in [5.41, 5.74) is 0. The molecule has 5 aliphatic rings. The highest BCUT2D eigenvalue weighted by atomic mass is 32.1. The molecule has 5 fully saturated rings. The van der Waals surface area contributed by atoms with Crippen molar-refractivity contribution in [1.29, 1.82) is 0 Å². The van der Waals surface area contributed by atoms with Crippen molar-refractivity contribution in [2.24, 2.45) is 11.8 Å². The minimum Gasteiger partial charge on any atom is -0.379 e. The Morgan fingerprint density at radius 2 is 1.64 bits per heavy atom. The van der Waals surface area contributed by atoms with Crippen LogP contribution in [0.1, 0.15) is 12.8 Å². The average molecular weight is 412 g/mol. The van der Waals surface area contributed by atoms with Gasteiger partial charge in [0.15, 0.2) is 5.11 Å². The normalized spacial score (nSPS) is 34.3. The lowest BCUT2D eigenvalue weighted by Crippen LogP contribution is -2.59. The molecular formula is C20H37N5O2S. The molecule has 160 valence electrons. The third-order valence-corrected chi connectivity index (χ3v) is 7.21. The molecule has 0 amide bonds. The van der Waals surface area contributed by atoms with Crippen molar-refractivity contribution >= 4 is 17.3 Å². The standard InChI is InChI=1S/C20H37N5O2S/c28-20(21-2-4-23-5-9-26-10-6-23)22-14-19-13-17-1-3-25(19)16-18(17)15-24-7-11-27-12-8-24/h17-19H,1-16H2,(H2,21,22,28). The zero-order valence-corrected chi connectivity index (χ0v) is 17.9. The van der Waals surface area contributed by atoms with E-state index in [2.05, 4.69) is 25.3 Å². The molecule has 4 unspecified atom stereocenters. The van der Waals surface area contributed by atoms with Crippen LogP contribution >= 0.6 is 12.2 Å². The Kier molecular flexibility index (Phi) is 7.78. The van der Waals surface area contributed by atoms with Gasteiger partial charge in [0.25, 0.3) is 0 Å². The smallest absolute Gasteiger partial charge is 0.166 e. The topological polar surface area (TPSA) is 52.2 Å². The number of nitrogens with zero attached hydrogens (tertiary/aromatic N) is 3. The lowest BCUT2D eigenvalue weighted by atomic mass is 9.75. The Morgan fingerprint density at radius 3 is 2.32 bits per heavy atom. The second-order valence-corrected chi connectivity index (χ2v) is 9.11. The second-order valence-electron chi connectivity index (χ2n) is 8.70. The zero-order chi connectivity index (χ0) is 19.2. The fourth-order valence-corrected chi connectivity index (χ4v) is 5.39. The Balaban J connectivity index is 1.13. The highest BCUT2D eigenvalue weighted by molar-refractivity contribution is 7.80. The molecule has 5 saturated heterocycles. The number of rotatable bonds is 7. The van der Waals surface area contributed by atoms with Gasteiger partial charge < -0.3 is 20.1 Å². The fraction of sp³-hybridized carbons (Fsp3) is 0.950. The lowest BCUT2D eigenvalue weighted by Gasteiger charge is -2.51. The molecule has 5 rings (SSSR count). The molecule has 0 spiro atoms. The molecular weight excluding hydrogens is 374 g/mol. The van der Waals surface area contributed by atoms with Gasteiger partial charge in [-0.1, -0.05) is 0 Å². The Labute approximate surface area is 175 Å². The van der Waals surface area contributed by atoms with Crippen LogP contribution in [0.2, 0.25) is 0 Å². The fourth-order valence-electron chi connectivity index (χ4n) is 5.21. The van der Waals surface area contributed by atoms with E-state index in [-0.39, 0.29) is 0 Å². The molecule has 0 radical (unpaired) electrons. The summed E-state index contributed by atoms with van der Waals surface area (Å²) in [5.74, 6) is 1.71. The van der Waals surface area contributed by atoms with Gasteiger partial charge in [0, 0.05) is 64.9 Å². The first-order valence-electron chi connectivity index (χ1n) is 11.1. The van der Waals surface area contributed by atoms with Crippen molar-refractivity contribution < 1.29 is 9.47 Å². The van der Waals surface area contributed by atoms with Crippen molar-refractivity contribution in [2.75, 3.05) is 91.9 Å². The predicted molar refractivity (Wildman–Crippen MR) is 115 cm³/mol. The van der Waals surface area contributed by atoms with E-state index in [9.17, 15) is 0 Å². The molecule has 0 aromatic heterocycles. The van der Waals surface area contributed by atoms with E-state index < -0.39 is 0 Å². The molecule has 2 N–H and O–H groups in total. The first-order valence-corrected chi connectivity index (χ1v) is 11.5. The van der Waals surface area contributed by atoms with Crippen molar-refractivity contribution in [3.8, 4) is 0 Å². The monoisotopic (exact) mass is 411 g/mol. The first kappa shape index (κ1) is 20.8. The Bertz CT molecular complexity index is 499. The highest BCUT2D eigenvalue weighted by Gasteiger charge is 2.40. The summed E-state index contributed by atoms with van der Waals surface area (Å²) in [6.45, 7) is 14.5. The minimum atomic E-state index is 0.638. The van der Waals surface area contributed by atoms with Crippen LogP contribution in [-0.2, 0) is 9.47 Å². The van der Waals surface area contributed by atoms with Gasteiger partial charge in [-0.2, -0.15) is 0 Å². The molecule has 7 nitrogen and oxygen atoms in total. The van der Waals surface area contributed by atoms with Crippen LogP contribution in [-0.4, -0.2) is 118 Å². The van der Waals surface area contributed by atoms with E-state index in [0.717, 1.165) is 89.2 Å². The number of ether oxygens (including phenoxy) is 2. The predicted octanol–water partition coefficient (Wildman–Crippen LogP) is -0.175. The van der Waals surface area contributed by atoms with Crippen LogP contribution in [0.3, 0.4) is 0 Å². The molecule has 28 heavy (non-hydrogen) atoms. The zero-order valence-electron chi connectivity index (χ0n) is 17.1. The molecule has 0 aromatic rings. The second kappa shape index (κ2) is 10.5. The van der Waals surface area contributed by atoms with Gasteiger partial charge >= 0.3 is 0 Å². The molecule has 5 heterocycles. The lowest BCUT2D eigenvalue weighted by molar-refractivity contribution is -0.0287. The summed E-state index contributed by atoms with van der Waals surface area (Å²) < 4.78 is 10.9. The van der Waals surface area contributed by atoms with Crippen LogP contribution in [0.25, 0.3) is 0 Å². The van der Waals surface area contributed by atoms with Crippen molar-refractivity contribution in [3.63, 3.8) is 0 Å². The molecule has 5 aliphatic heterocycles. The maximum Gasteiger partial charge on any atom is 0.166 e. The Morgan fingerprint density at radius 1 is 0.929 bits per heavy atom. The maximum atomic E-state index is 5.50. The van der Waals surface area contributed by atoms with Gasteiger partial charge in [-0.3, -0.25) is 14.7 Å². The van der Waals surface area contributed by atoms with Gasteiger partial charge in [0.2, 0.25) is 0 Å². The van der Waals surface area contributed by atoms with E-state index in [1.165, 1.54) is 32.5 Å². The van der Waals surface area contributed by atoms with Crippen molar-refractivity contribution in [1.82, 2.24) is 25.3 Å². The van der Waals surface area contributed by atoms with Gasteiger partial charge in [-0.25, -0.2) is 0 Å². The van der Waals surface area contributed by atoms with E-state index in [0.29, 0.717) is 6.04 Å². The summed E-state index contributed by atoms with van der Waals surface area (Å²) in [5, 5.41) is 7.66. The summed E-state index contributed by atoms with van der Waals surface area (Å²) >= 11 is 5.50. The Hall–Kier alpha value is -0.510. The summed E-state index contributed by atoms with van der Waals surface area (Å²) in [6, 6.07) is 0.638. The van der Waals surface area contributed by atoms with Crippen LogP contribution in [0.4, 0.5) is 0 Å². The number of thiocarbonyl (C=S) groups is 1. The van der Waals surface area contributed by atoms with E-state index in [1.807, 2.05) is 0 Å². The summed E-state index contributed by atoms with van der Waals surface area (Å²) in [6.07, 6.45) is 2.69. The molecule has 0 saturated carbocycles. The summed E-state index contributed by atoms with van der Waals surface area (Å²) in [7, 11) is 0. The molecule has 0 aromatic carbocycles. The van der Waals surface area contributed by atoms with Gasteiger partial charge in [-0.15, -0.1) is 0 Å². The number of morpholine rings is 2. The minimum absolute atomic E-state index is 0.638. The average Bonchev–Trinajstić information content (AvgIpc) is 2.74. The van der Waals surface area contributed by atoms with Gasteiger partial charge in [-0.05, 0) is 43.4 Å². The van der Waals surface area contributed by atoms with Crippen LogP contribution in [0.15, 0.2) is 0 Å². The number of nitrogens with one attached hydrogen (secondary N) is 2. The molecule has 2 bridgehead atoms. The number of piperidine rings is 3. The maximum absolute atomic E-state index is 5.50. The van der Waals surface area contributed by atoms with Crippen LogP contribution in [0, 0.1) is 11.8 Å². The van der Waals surface area contributed by atoms with E-state index in [1.54, 1.807) is 0 Å². The number of hydrogen-bond acceptors (Lipinski definition) is 6. The van der Waals surface area contributed by atoms with E-state index in [4.69, 9.17) is 21.7 Å². The van der Waals surface area contributed by atoms with Crippen LogP contribution in [0.5, 0.6) is 0 Å². The largest absolute Gasteiger partial charge is 0.379 e. The first-order chi connectivity index (χ1) is 13.8. The highest BCUT2D eigenvalue weighted by Crippen LogP contribution is 2.36. The number of fused-ring (bicyclic) bond motifs is 3. The SMILES string of the molecule is S=C(NCCN1CCOCC1)NCC1CC2CCN1CC2CN1CCOCC1. The third-order valence-electron chi connectivity index (χ3n) is 6.93. The molecule has 4 atom stereocenters. The van der Waals surface area contributed by atoms with Crippen molar-refractivity contribution in [2.45, 2.75) is 18.9 Å². The van der Waals surface area contributed by atoms with Gasteiger partial charge in [0.1, 0.15) is 0 Å².